The van der Waals surface area contributed by atoms with E-state index in [0.717, 1.165) is 18.2 Å². The van der Waals surface area contributed by atoms with E-state index in [-0.39, 0.29) is 109 Å². The molecule has 0 bridgehead atoms. The summed E-state index contributed by atoms with van der Waals surface area (Å²) >= 11 is 17.3. The third-order valence-electron chi connectivity index (χ3n) is 4.82. The second-order valence-corrected chi connectivity index (χ2v) is 11.4. The average molecular weight is 690 g/mol. The summed E-state index contributed by atoms with van der Waals surface area (Å²) in [5.74, 6) is 0.192. The van der Waals surface area contributed by atoms with Gasteiger partial charge in [0.2, 0.25) is 27.7 Å². The first-order chi connectivity index (χ1) is 18.7. The van der Waals surface area contributed by atoms with E-state index in [1.54, 1.807) is 6.92 Å². The molecule has 4 aromatic rings. The van der Waals surface area contributed by atoms with Crippen molar-refractivity contribution in [1.82, 2.24) is 29.9 Å². The number of halogens is 3. The summed E-state index contributed by atoms with van der Waals surface area (Å²) in [5.41, 5.74) is 0.0530. The molecule has 2 heterocycles. The summed E-state index contributed by atoms with van der Waals surface area (Å²) in [6.07, 6.45) is 2.33. The quantitative estimate of drug-likeness (QED) is 0.114. The maximum atomic E-state index is 12.0. The Bertz CT molecular complexity index is 1710. The van der Waals surface area contributed by atoms with Crippen LogP contribution in [0.4, 0.5) is 23.3 Å². The zero-order chi connectivity index (χ0) is 29.2. The molecule has 0 radical (unpaired) electrons. The van der Waals surface area contributed by atoms with Gasteiger partial charge in [0.1, 0.15) is 26.1 Å². The zero-order valence-corrected chi connectivity index (χ0v) is 29.6. The standard InChI is InChI=1S/C21H15Cl3N8O6S2.2Na/c1-10-25-17(22)30-20(26-10)27-13-6-4-11(15(8-13)39(33,34)35)2-3-12-5-7-14(9-16(12)40(36,37)38)28-21-31-18(23)29-19(24)32-21;;/h2-9H,1H3,(H,33,34,35)(H,36,37,38)(H,25,26,27,30)(H,28,29,31,32);;/q;2*+1/p-2. The number of benzene rings is 2. The number of aryl methyl sites for hydroxylation is 1. The summed E-state index contributed by atoms with van der Waals surface area (Å²) in [6, 6.07) is 7.41. The molecule has 0 saturated carbocycles. The molecule has 0 atom stereocenters. The van der Waals surface area contributed by atoms with Crippen LogP contribution in [0.1, 0.15) is 17.0 Å². The number of rotatable bonds is 8. The Labute approximate surface area is 298 Å². The van der Waals surface area contributed by atoms with E-state index in [0.29, 0.717) is 5.82 Å². The summed E-state index contributed by atoms with van der Waals surface area (Å²) in [5, 5.41) is 4.83. The first-order valence-corrected chi connectivity index (χ1v) is 14.5. The number of nitrogens with zero attached hydrogens (tertiary/aromatic N) is 6. The van der Waals surface area contributed by atoms with E-state index in [2.05, 4.69) is 40.5 Å². The van der Waals surface area contributed by atoms with Crippen molar-refractivity contribution in [1.29, 1.82) is 0 Å². The maximum absolute atomic E-state index is 12.0. The third kappa shape index (κ3) is 10.0. The van der Waals surface area contributed by atoms with Crippen LogP contribution in [0.15, 0.2) is 46.2 Å². The molecule has 0 aliphatic carbocycles. The van der Waals surface area contributed by atoms with Gasteiger partial charge < -0.3 is 19.7 Å². The van der Waals surface area contributed by atoms with E-state index in [4.69, 9.17) is 34.8 Å². The van der Waals surface area contributed by atoms with Crippen LogP contribution in [0.3, 0.4) is 0 Å². The van der Waals surface area contributed by atoms with Crippen LogP contribution in [0.2, 0.25) is 15.9 Å². The Kier molecular flexibility index (Phi) is 13.1. The molecule has 0 spiro atoms. The second-order valence-electron chi connectivity index (χ2n) is 7.67. The fourth-order valence-corrected chi connectivity index (χ4v) is 5.22. The molecular formula is C21H13Cl3N8Na2O6S2. The van der Waals surface area contributed by atoms with E-state index >= 15 is 0 Å². The summed E-state index contributed by atoms with van der Waals surface area (Å²) < 4.78 is 72.0. The van der Waals surface area contributed by atoms with Gasteiger partial charge in [-0.15, -0.1) is 0 Å². The molecule has 2 N–H and O–H groups in total. The summed E-state index contributed by atoms with van der Waals surface area (Å²) in [7, 11) is -10.0. The Hall–Kier alpha value is -1.51. The van der Waals surface area contributed by atoms with Gasteiger partial charge in [0.25, 0.3) is 0 Å². The molecule has 0 aliphatic heterocycles. The topological polar surface area (TPSA) is 216 Å². The van der Waals surface area contributed by atoms with Gasteiger partial charge in [0.15, 0.2) is 0 Å². The molecule has 21 heteroatoms. The minimum Gasteiger partial charge on any atom is -0.744 e. The maximum Gasteiger partial charge on any atom is 1.00 e. The van der Waals surface area contributed by atoms with Gasteiger partial charge in [-0.1, -0.05) is 24.3 Å². The van der Waals surface area contributed by atoms with Crippen LogP contribution in [0, 0.1) is 6.92 Å². The van der Waals surface area contributed by atoms with Crippen molar-refractivity contribution >= 4 is 90.5 Å². The van der Waals surface area contributed by atoms with Crippen molar-refractivity contribution in [3.8, 4) is 0 Å². The largest absolute Gasteiger partial charge is 1.00 e. The number of aromatic nitrogens is 6. The van der Waals surface area contributed by atoms with Crippen LogP contribution in [-0.2, 0) is 20.2 Å². The van der Waals surface area contributed by atoms with Crippen molar-refractivity contribution < 1.29 is 85.1 Å². The van der Waals surface area contributed by atoms with Gasteiger partial charge in [-0.3, -0.25) is 0 Å². The van der Waals surface area contributed by atoms with Crippen molar-refractivity contribution in [3.63, 3.8) is 0 Å². The first-order valence-electron chi connectivity index (χ1n) is 10.5. The fraction of sp³-hybridized carbons (Fsp3) is 0.0476. The van der Waals surface area contributed by atoms with E-state index in [1.165, 1.54) is 30.3 Å². The number of hydrogen-bond acceptors (Lipinski definition) is 14. The van der Waals surface area contributed by atoms with Crippen LogP contribution in [-0.4, -0.2) is 55.8 Å². The van der Waals surface area contributed by atoms with Gasteiger partial charge >= 0.3 is 59.1 Å². The van der Waals surface area contributed by atoms with Crippen molar-refractivity contribution in [3.05, 3.63) is 69.2 Å². The van der Waals surface area contributed by atoms with Crippen LogP contribution in [0.25, 0.3) is 12.2 Å². The molecular weight excluding hydrogens is 677 g/mol. The molecule has 0 fully saturated rings. The SMILES string of the molecule is Cc1nc(Cl)nc(Nc2ccc(C=Cc3ccc(Nc4nc(Cl)nc(Cl)n4)cc3S(=O)(=O)[O-])c(S(=O)(=O)[O-])c2)n1.[Na+].[Na+]. The van der Waals surface area contributed by atoms with Crippen molar-refractivity contribution in [2.75, 3.05) is 10.6 Å². The predicted molar refractivity (Wildman–Crippen MR) is 144 cm³/mol. The second kappa shape index (κ2) is 15.0. The zero-order valence-electron chi connectivity index (χ0n) is 21.7. The number of anilines is 4. The summed E-state index contributed by atoms with van der Waals surface area (Å²) in [6.45, 7) is 1.57. The van der Waals surface area contributed by atoms with E-state index < -0.39 is 30.0 Å². The number of hydrogen-bond donors (Lipinski definition) is 2. The van der Waals surface area contributed by atoms with Gasteiger partial charge in [-0.2, -0.15) is 24.9 Å². The van der Waals surface area contributed by atoms with Crippen LogP contribution >= 0.6 is 34.8 Å². The molecule has 0 saturated heterocycles. The van der Waals surface area contributed by atoms with E-state index in [1.807, 2.05) is 0 Å². The van der Waals surface area contributed by atoms with Crippen LogP contribution in [0.5, 0.6) is 0 Å². The van der Waals surface area contributed by atoms with Gasteiger partial charge in [-0.25, -0.2) is 21.8 Å². The number of nitrogens with one attached hydrogen (secondary N) is 2. The Morgan fingerprint density at radius 3 is 1.40 bits per heavy atom. The predicted octanol–water partition coefficient (Wildman–Crippen LogP) is -2.20. The van der Waals surface area contributed by atoms with Gasteiger partial charge in [0, 0.05) is 11.4 Å². The van der Waals surface area contributed by atoms with Gasteiger partial charge in [-0.05, 0) is 77.1 Å². The minimum absolute atomic E-state index is 0. The Balaban J connectivity index is 0.00000308. The molecule has 208 valence electrons. The van der Waals surface area contributed by atoms with Crippen molar-refractivity contribution in [2.24, 2.45) is 0 Å². The smallest absolute Gasteiger partial charge is 0.744 e. The summed E-state index contributed by atoms with van der Waals surface area (Å²) in [4.78, 5) is 21.6. The minimum atomic E-state index is -5.02. The fourth-order valence-electron chi connectivity index (χ4n) is 3.26. The Morgan fingerprint density at radius 2 is 1.02 bits per heavy atom. The molecule has 0 amide bonds. The normalized spacial score (nSPS) is 11.5. The molecule has 0 aliphatic rings. The van der Waals surface area contributed by atoms with Crippen LogP contribution < -0.4 is 69.7 Å². The van der Waals surface area contributed by atoms with E-state index in [9.17, 15) is 25.9 Å². The molecule has 4 rings (SSSR count). The molecule has 42 heavy (non-hydrogen) atoms. The molecule has 14 nitrogen and oxygen atoms in total. The Morgan fingerprint density at radius 1 is 0.643 bits per heavy atom. The third-order valence-corrected chi connectivity index (χ3v) is 7.11. The van der Waals surface area contributed by atoms with Gasteiger partial charge in [0.05, 0.1) is 9.79 Å². The monoisotopic (exact) mass is 688 g/mol. The average Bonchev–Trinajstić information content (AvgIpc) is 2.81. The first kappa shape index (κ1) is 36.7. The molecule has 2 aromatic carbocycles. The molecule has 0 unspecified atom stereocenters. The molecule has 2 aromatic heterocycles. The van der Waals surface area contributed by atoms with Crippen molar-refractivity contribution in [2.45, 2.75) is 16.7 Å².